The van der Waals surface area contributed by atoms with Gasteiger partial charge in [-0.1, -0.05) is 12.0 Å². The summed E-state index contributed by atoms with van der Waals surface area (Å²) in [4.78, 5) is 15.5. The van der Waals surface area contributed by atoms with Crippen LogP contribution in [0, 0.1) is 17.1 Å². The minimum absolute atomic E-state index is 0.287. The van der Waals surface area contributed by atoms with E-state index in [1.54, 1.807) is 31.2 Å². The van der Waals surface area contributed by atoms with E-state index in [4.69, 9.17) is 15.2 Å². The zero-order valence-electron chi connectivity index (χ0n) is 15.9. The van der Waals surface area contributed by atoms with Gasteiger partial charge in [-0.15, -0.1) is 0 Å². The normalized spacial score (nSPS) is 11.5. The number of rotatable bonds is 6. The van der Waals surface area contributed by atoms with Crippen LogP contribution in [0.25, 0.3) is 32.7 Å². The number of halogens is 1. The summed E-state index contributed by atoms with van der Waals surface area (Å²) >= 11 is 0. The molecule has 0 radical (unpaired) electrons. The van der Waals surface area contributed by atoms with Crippen molar-refractivity contribution in [2.75, 3.05) is 7.05 Å². The first-order valence-corrected chi connectivity index (χ1v) is 8.98. The molecule has 1 aromatic heterocycles. The molecule has 8 heteroatoms. The fourth-order valence-electron chi connectivity index (χ4n) is 3.29. The van der Waals surface area contributed by atoms with Crippen molar-refractivity contribution < 1.29 is 13.6 Å². The summed E-state index contributed by atoms with van der Waals surface area (Å²) < 4.78 is 19.3. The van der Waals surface area contributed by atoms with Gasteiger partial charge in [-0.05, 0) is 59.5 Å². The average Bonchev–Trinajstić information content (AvgIpc) is 3.09. The summed E-state index contributed by atoms with van der Waals surface area (Å²) in [5.74, 6) is -0.426. The predicted octanol–water partition coefficient (Wildman–Crippen LogP) is 5.43. The van der Waals surface area contributed by atoms with E-state index in [0.29, 0.717) is 34.3 Å². The Bertz CT molecular complexity index is 1150. The van der Waals surface area contributed by atoms with Gasteiger partial charge in [0.15, 0.2) is 0 Å². The lowest BCUT2D eigenvalue weighted by atomic mass is 9.94. The molecule has 1 unspecified atom stereocenters. The molecule has 1 N–H and O–H groups in total. The molecule has 0 aliphatic carbocycles. The summed E-state index contributed by atoms with van der Waals surface area (Å²) in [6, 6.07) is 10.8. The Morgan fingerprint density at radius 1 is 1.38 bits per heavy atom. The Labute approximate surface area is 166 Å². The molecular weight excluding hydrogens is 373 g/mol. The predicted molar refractivity (Wildman–Crippen MR) is 106 cm³/mol. The van der Waals surface area contributed by atoms with Crippen LogP contribution in [-0.4, -0.2) is 13.0 Å². The fraction of sp³-hybridized carbons (Fsp3) is 0.238. The molecule has 1 amide bonds. The highest BCUT2D eigenvalue weighted by Gasteiger charge is 2.24. The highest BCUT2D eigenvalue weighted by molar-refractivity contribution is 6.11. The molecular formula is C21H18FN5O2. The molecule has 7 nitrogen and oxygen atoms in total. The standard InChI is InChI=1S/C21H18FN5O2/c1-12(26-27-24)16-11-17-18(10-14(16)4-3-9-23)29-20(19(17)21(28)25-2)13-5-7-15(22)8-6-13/h5-8,10-12H,3-4H2,1-2H3,(H,25,28). The van der Waals surface area contributed by atoms with E-state index < -0.39 is 11.9 Å². The number of hydrogen-bond acceptors (Lipinski definition) is 4. The van der Waals surface area contributed by atoms with Crippen LogP contribution in [0.4, 0.5) is 4.39 Å². The first-order chi connectivity index (χ1) is 14.0. The van der Waals surface area contributed by atoms with Crippen LogP contribution in [0.15, 0.2) is 45.9 Å². The minimum Gasteiger partial charge on any atom is -0.455 e. The van der Waals surface area contributed by atoms with Crippen molar-refractivity contribution in [3.63, 3.8) is 0 Å². The van der Waals surface area contributed by atoms with Gasteiger partial charge in [-0.25, -0.2) is 4.39 Å². The summed E-state index contributed by atoms with van der Waals surface area (Å²) in [7, 11) is 1.51. The topological polar surface area (TPSA) is 115 Å². The van der Waals surface area contributed by atoms with Gasteiger partial charge in [-0.3, -0.25) is 4.79 Å². The van der Waals surface area contributed by atoms with Crippen molar-refractivity contribution in [1.29, 1.82) is 5.26 Å². The maximum atomic E-state index is 13.3. The Morgan fingerprint density at radius 2 is 2.10 bits per heavy atom. The van der Waals surface area contributed by atoms with Crippen molar-refractivity contribution in [2.24, 2.45) is 5.11 Å². The second-order valence-electron chi connectivity index (χ2n) is 6.48. The summed E-state index contributed by atoms with van der Waals surface area (Å²) in [5, 5.41) is 15.9. The van der Waals surface area contributed by atoms with Crippen LogP contribution in [-0.2, 0) is 6.42 Å². The smallest absolute Gasteiger partial charge is 0.255 e. The van der Waals surface area contributed by atoms with Gasteiger partial charge < -0.3 is 9.73 Å². The Morgan fingerprint density at radius 3 is 2.72 bits per heavy atom. The van der Waals surface area contributed by atoms with Crippen LogP contribution < -0.4 is 5.32 Å². The number of furan rings is 1. The molecule has 0 aliphatic heterocycles. The molecule has 0 saturated carbocycles. The van der Waals surface area contributed by atoms with Crippen LogP contribution in [0.3, 0.4) is 0 Å². The zero-order chi connectivity index (χ0) is 21.0. The van der Waals surface area contributed by atoms with E-state index >= 15 is 0 Å². The number of azide groups is 1. The summed E-state index contributed by atoms with van der Waals surface area (Å²) in [6.45, 7) is 1.75. The zero-order valence-corrected chi connectivity index (χ0v) is 15.9. The molecule has 1 atom stereocenters. The van der Waals surface area contributed by atoms with Crippen LogP contribution in [0.2, 0.25) is 0 Å². The van der Waals surface area contributed by atoms with Crippen LogP contribution >= 0.6 is 0 Å². The van der Waals surface area contributed by atoms with Crippen molar-refractivity contribution in [3.8, 4) is 17.4 Å². The van der Waals surface area contributed by atoms with Crippen LogP contribution in [0.1, 0.15) is 40.9 Å². The molecule has 146 valence electrons. The lowest BCUT2D eigenvalue weighted by Gasteiger charge is -2.12. The number of carbonyl (C=O) groups is 1. The largest absolute Gasteiger partial charge is 0.455 e. The van der Waals surface area contributed by atoms with E-state index in [1.807, 2.05) is 0 Å². The number of hydrogen-bond donors (Lipinski definition) is 1. The molecule has 0 spiro atoms. The molecule has 3 aromatic rings. The number of fused-ring (bicyclic) bond motifs is 1. The minimum atomic E-state index is -0.486. The maximum absolute atomic E-state index is 13.3. The van der Waals surface area contributed by atoms with Crippen LogP contribution in [0.5, 0.6) is 0 Å². The van der Waals surface area contributed by atoms with Gasteiger partial charge in [0.2, 0.25) is 0 Å². The highest BCUT2D eigenvalue weighted by atomic mass is 19.1. The van der Waals surface area contributed by atoms with Gasteiger partial charge in [0.25, 0.3) is 5.91 Å². The van der Waals surface area contributed by atoms with E-state index in [2.05, 4.69) is 21.4 Å². The Hall–Kier alpha value is -3.82. The third-order valence-corrected chi connectivity index (χ3v) is 4.69. The van der Waals surface area contributed by atoms with Gasteiger partial charge in [0.1, 0.15) is 17.2 Å². The van der Waals surface area contributed by atoms with E-state index in [1.165, 1.54) is 19.2 Å². The molecule has 2 aromatic carbocycles. The van der Waals surface area contributed by atoms with E-state index in [-0.39, 0.29) is 12.3 Å². The second-order valence-corrected chi connectivity index (χ2v) is 6.48. The van der Waals surface area contributed by atoms with Gasteiger partial charge in [0.05, 0.1) is 17.7 Å². The van der Waals surface area contributed by atoms with Crippen molar-refractivity contribution in [1.82, 2.24) is 5.32 Å². The number of nitrogens with one attached hydrogen (secondary N) is 1. The number of nitriles is 1. The molecule has 0 saturated heterocycles. The first-order valence-electron chi connectivity index (χ1n) is 8.98. The van der Waals surface area contributed by atoms with E-state index in [9.17, 15) is 9.18 Å². The van der Waals surface area contributed by atoms with Crippen molar-refractivity contribution in [3.05, 3.63) is 69.3 Å². The SMILES string of the molecule is CNC(=O)c1c(-c2ccc(F)cc2)oc2cc(CCC#N)c(C(C)N=[N+]=[N-])cc12. The summed E-state index contributed by atoms with van der Waals surface area (Å²) in [6.07, 6.45) is 0.740. The number of benzene rings is 2. The van der Waals surface area contributed by atoms with Crippen molar-refractivity contribution >= 4 is 16.9 Å². The molecule has 0 bridgehead atoms. The van der Waals surface area contributed by atoms with Crippen molar-refractivity contribution in [2.45, 2.75) is 25.8 Å². The van der Waals surface area contributed by atoms with Gasteiger partial charge in [0, 0.05) is 29.3 Å². The number of aryl methyl sites for hydroxylation is 1. The lowest BCUT2D eigenvalue weighted by molar-refractivity contribution is 0.0964. The molecule has 0 fully saturated rings. The monoisotopic (exact) mass is 391 g/mol. The highest BCUT2D eigenvalue weighted by Crippen LogP contribution is 2.37. The fourth-order valence-corrected chi connectivity index (χ4v) is 3.29. The molecule has 1 heterocycles. The molecule has 3 rings (SSSR count). The molecule has 29 heavy (non-hydrogen) atoms. The maximum Gasteiger partial charge on any atom is 0.255 e. The summed E-state index contributed by atoms with van der Waals surface area (Å²) in [5.41, 5.74) is 11.7. The lowest BCUT2D eigenvalue weighted by Crippen LogP contribution is -2.18. The number of amides is 1. The number of carbonyl (C=O) groups excluding carboxylic acids is 1. The molecule has 0 aliphatic rings. The number of nitrogens with zero attached hydrogens (tertiary/aromatic N) is 4. The van der Waals surface area contributed by atoms with Gasteiger partial charge in [-0.2, -0.15) is 5.26 Å². The van der Waals surface area contributed by atoms with E-state index in [0.717, 1.165) is 11.1 Å². The quantitative estimate of drug-likeness (QED) is 0.343. The van der Waals surface area contributed by atoms with Gasteiger partial charge >= 0.3 is 0 Å². The average molecular weight is 391 g/mol. The Kier molecular flexibility index (Phi) is 5.82. The first kappa shape index (κ1) is 19.9. The third-order valence-electron chi connectivity index (χ3n) is 4.69. The third kappa shape index (κ3) is 3.91. The second kappa shape index (κ2) is 8.46. The Balaban J connectivity index is 2.31.